The number of nitrogens with zero attached hydrogens (tertiary/aromatic N) is 1. The molecule has 0 saturated heterocycles. The van der Waals surface area contributed by atoms with Gasteiger partial charge >= 0.3 is 0 Å². The number of carbonyl (C=O) groups excluding carboxylic acids is 2. The molecule has 5 rings (SSSR count). The van der Waals surface area contributed by atoms with E-state index < -0.39 is 10.8 Å². The van der Waals surface area contributed by atoms with Crippen LogP contribution in [0.1, 0.15) is 64.8 Å². The van der Waals surface area contributed by atoms with Crippen molar-refractivity contribution in [2.24, 2.45) is 0 Å². The summed E-state index contributed by atoms with van der Waals surface area (Å²) in [4.78, 5) is 27.6. The van der Waals surface area contributed by atoms with E-state index >= 15 is 0 Å². The van der Waals surface area contributed by atoms with Gasteiger partial charge in [0.1, 0.15) is 0 Å². The van der Waals surface area contributed by atoms with Crippen molar-refractivity contribution in [2.75, 3.05) is 17.3 Å². The van der Waals surface area contributed by atoms with E-state index in [2.05, 4.69) is 10.7 Å². The number of hydrazine groups is 1. The molecule has 8 heteroatoms. The number of thioether (sulfide) groups is 1. The minimum atomic E-state index is -1.57. The Balaban J connectivity index is 1.32. The van der Waals surface area contributed by atoms with Gasteiger partial charge in [0.05, 0.1) is 31.8 Å². The van der Waals surface area contributed by atoms with Crippen LogP contribution < -0.4 is 15.8 Å². The van der Waals surface area contributed by atoms with Crippen LogP contribution in [0.3, 0.4) is 0 Å². The molecule has 1 heterocycles. The van der Waals surface area contributed by atoms with Gasteiger partial charge < -0.3 is 5.32 Å². The van der Waals surface area contributed by atoms with Crippen molar-refractivity contribution in [2.45, 2.75) is 60.1 Å². The van der Waals surface area contributed by atoms with Crippen LogP contribution in [0.4, 0.5) is 5.69 Å². The zero-order valence-electron chi connectivity index (χ0n) is 21.4. The summed E-state index contributed by atoms with van der Waals surface area (Å²) >= 11 is 2.03. The van der Waals surface area contributed by atoms with E-state index in [1.54, 1.807) is 42.5 Å². The van der Waals surface area contributed by atoms with E-state index in [-0.39, 0.29) is 11.8 Å². The van der Waals surface area contributed by atoms with Crippen molar-refractivity contribution < 1.29 is 13.8 Å². The Morgan fingerprint density at radius 2 is 1.71 bits per heavy atom. The summed E-state index contributed by atoms with van der Waals surface area (Å²) in [7, 11) is -1.57. The summed E-state index contributed by atoms with van der Waals surface area (Å²) in [6.45, 7) is 0.998. The third-order valence-electron chi connectivity index (χ3n) is 6.98. The van der Waals surface area contributed by atoms with E-state index in [1.807, 2.05) is 42.1 Å². The van der Waals surface area contributed by atoms with E-state index in [0.29, 0.717) is 39.7 Å². The highest BCUT2D eigenvalue weighted by molar-refractivity contribution is 7.99. The zero-order chi connectivity index (χ0) is 26.3. The summed E-state index contributed by atoms with van der Waals surface area (Å²) in [6.07, 6.45) is 7.57. The molecule has 1 unspecified atom stereocenters. The molecule has 2 N–H and O–H groups in total. The quantitative estimate of drug-likeness (QED) is 0.336. The van der Waals surface area contributed by atoms with Crippen LogP contribution in [-0.4, -0.2) is 33.6 Å². The summed E-state index contributed by atoms with van der Waals surface area (Å²) in [6, 6.07) is 21.8. The fraction of sp³-hybridized carbons (Fsp3) is 0.333. The monoisotopic (exact) mass is 547 g/mol. The topological polar surface area (TPSA) is 78.5 Å². The fourth-order valence-electron chi connectivity index (χ4n) is 4.92. The highest BCUT2D eigenvalue weighted by Crippen LogP contribution is 2.34. The normalized spacial score (nSPS) is 17.4. The minimum Gasteiger partial charge on any atom is -0.352 e. The van der Waals surface area contributed by atoms with Crippen molar-refractivity contribution in [1.29, 1.82) is 0 Å². The Morgan fingerprint density at radius 3 is 2.53 bits per heavy atom. The average Bonchev–Trinajstić information content (AvgIpc) is 3.05. The predicted molar refractivity (Wildman–Crippen MR) is 154 cm³/mol. The molecule has 1 aliphatic carbocycles. The number of benzene rings is 3. The highest BCUT2D eigenvalue weighted by Gasteiger charge is 2.31. The number of amides is 2. The second kappa shape index (κ2) is 12.7. The Morgan fingerprint density at radius 1 is 0.947 bits per heavy atom. The third kappa shape index (κ3) is 6.20. The summed E-state index contributed by atoms with van der Waals surface area (Å²) in [5.41, 5.74) is 5.46. The molecule has 1 aliphatic heterocycles. The standard InChI is InChI=1S/C30H33N3O3S2/c34-29(31-18-9-19-37-24-12-5-2-6-13-24)23-16-17-28-26(20-23)33(32-21-22-10-3-1-4-11-22)30(35)25-14-7-8-15-27(25)38(28)36/h1,3-4,7-8,10-11,14-17,20,24,32H,2,5-6,9,12-13,18-19,21H2,(H,31,34). The van der Waals surface area contributed by atoms with Crippen molar-refractivity contribution in [3.05, 3.63) is 89.5 Å². The zero-order valence-corrected chi connectivity index (χ0v) is 23.0. The van der Waals surface area contributed by atoms with Crippen LogP contribution in [0.25, 0.3) is 0 Å². The number of rotatable bonds is 9. The predicted octanol–water partition coefficient (Wildman–Crippen LogP) is 5.70. The van der Waals surface area contributed by atoms with Crippen LogP contribution >= 0.6 is 11.8 Å². The van der Waals surface area contributed by atoms with Crippen LogP contribution in [0.2, 0.25) is 0 Å². The second-order valence-electron chi connectivity index (χ2n) is 9.65. The smallest absolute Gasteiger partial charge is 0.273 e. The van der Waals surface area contributed by atoms with Gasteiger partial charge in [0, 0.05) is 23.9 Å². The lowest BCUT2D eigenvalue weighted by atomic mass is 10.0. The van der Waals surface area contributed by atoms with Gasteiger partial charge in [-0.3, -0.25) is 9.59 Å². The first-order valence-corrected chi connectivity index (χ1v) is 15.5. The van der Waals surface area contributed by atoms with Gasteiger partial charge in [-0.05, 0) is 60.9 Å². The lowest BCUT2D eigenvalue weighted by molar-refractivity contribution is 0.0948. The molecule has 38 heavy (non-hydrogen) atoms. The molecule has 0 radical (unpaired) electrons. The fourth-order valence-corrected chi connectivity index (χ4v) is 7.56. The second-order valence-corrected chi connectivity index (χ2v) is 12.5. The molecule has 1 atom stereocenters. The molecular weight excluding hydrogens is 514 g/mol. The molecule has 0 spiro atoms. The Bertz CT molecular complexity index is 1310. The SMILES string of the molecule is O=C(NCCCSC1CCCCC1)c1ccc2c(c1)N(NCc1ccccc1)C(=O)c1ccccc1S2=O. The first kappa shape index (κ1) is 26.7. The number of hydrogen-bond donors (Lipinski definition) is 2. The van der Waals surface area contributed by atoms with Crippen molar-refractivity contribution in [1.82, 2.24) is 10.7 Å². The number of fused-ring (bicyclic) bond motifs is 2. The number of nitrogens with one attached hydrogen (secondary N) is 2. The highest BCUT2D eigenvalue weighted by atomic mass is 32.2. The Kier molecular flexibility index (Phi) is 8.94. The van der Waals surface area contributed by atoms with Crippen LogP contribution in [0, 0.1) is 0 Å². The Hall–Kier alpha value is -2.94. The van der Waals surface area contributed by atoms with Gasteiger partial charge in [-0.15, -0.1) is 0 Å². The average molecular weight is 548 g/mol. The summed E-state index contributed by atoms with van der Waals surface area (Å²) < 4.78 is 13.6. The van der Waals surface area contributed by atoms with Crippen molar-refractivity contribution in [3.8, 4) is 0 Å². The molecule has 198 valence electrons. The van der Waals surface area contributed by atoms with E-state index in [4.69, 9.17) is 0 Å². The van der Waals surface area contributed by atoms with Gasteiger partial charge in [-0.2, -0.15) is 11.8 Å². The third-order valence-corrected chi connectivity index (χ3v) is 9.95. The van der Waals surface area contributed by atoms with Gasteiger partial charge in [0.15, 0.2) is 0 Å². The van der Waals surface area contributed by atoms with Crippen LogP contribution in [0.5, 0.6) is 0 Å². The molecule has 1 saturated carbocycles. The molecule has 0 bridgehead atoms. The maximum Gasteiger partial charge on any atom is 0.273 e. The van der Waals surface area contributed by atoms with Crippen LogP contribution in [-0.2, 0) is 17.3 Å². The van der Waals surface area contributed by atoms with Crippen LogP contribution in [0.15, 0.2) is 82.6 Å². The molecular formula is C30H33N3O3S2. The molecule has 0 aromatic heterocycles. The van der Waals surface area contributed by atoms with Gasteiger partial charge in [0.25, 0.3) is 11.8 Å². The molecule has 3 aromatic rings. The van der Waals surface area contributed by atoms with Gasteiger partial charge in [-0.1, -0.05) is 61.7 Å². The van der Waals surface area contributed by atoms with Crippen molar-refractivity contribution in [3.63, 3.8) is 0 Å². The van der Waals surface area contributed by atoms with E-state index in [9.17, 15) is 13.8 Å². The number of anilines is 1. The summed E-state index contributed by atoms with van der Waals surface area (Å²) in [5, 5.41) is 5.22. The Labute approximate surface area is 231 Å². The largest absolute Gasteiger partial charge is 0.352 e. The first-order valence-electron chi connectivity index (χ1n) is 13.3. The van der Waals surface area contributed by atoms with E-state index in [0.717, 1.165) is 23.0 Å². The number of hydrogen-bond acceptors (Lipinski definition) is 5. The van der Waals surface area contributed by atoms with Crippen molar-refractivity contribution >= 4 is 40.1 Å². The molecule has 2 aliphatic rings. The lowest BCUT2D eigenvalue weighted by Crippen LogP contribution is -2.43. The molecule has 3 aromatic carbocycles. The maximum atomic E-state index is 13.6. The minimum absolute atomic E-state index is 0.196. The summed E-state index contributed by atoms with van der Waals surface area (Å²) in [5.74, 6) is 0.539. The van der Waals surface area contributed by atoms with Gasteiger partial charge in [0.2, 0.25) is 0 Å². The number of carbonyl (C=O) groups is 2. The molecule has 6 nitrogen and oxygen atoms in total. The lowest BCUT2D eigenvalue weighted by Gasteiger charge is -2.24. The van der Waals surface area contributed by atoms with Gasteiger partial charge in [-0.25, -0.2) is 14.6 Å². The molecule has 2 amide bonds. The molecule has 1 fully saturated rings. The first-order chi connectivity index (χ1) is 18.6. The van der Waals surface area contributed by atoms with E-state index in [1.165, 1.54) is 37.1 Å². The maximum absolute atomic E-state index is 13.6.